The molecule has 1 aliphatic rings. The van der Waals surface area contributed by atoms with E-state index in [0.717, 1.165) is 50.0 Å². The Morgan fingerprint density at radius 1 is 1.26 bits per heavy atom. The van der Waals surface area contributed by atoms with Crippen molar-refractivity contribution in [3.05, 3.63) is 53.5 Å². The van der Waals surface area contributed by atoms with Gasteiger partial charge in [0.2, 0.25) is 0 Å². The van der Waals surface area contributed by atoms with Crippen molar-refractivity contribution in [1.29, 1.82) is 0 Å². The molecular weight excluding hydrogens is 290 g/mol. The van der Waals surface area contributed by atoms with Crippen LogP contribution in [0.25, 0.3) is 0 Å². The van der Waals surface area contributed by atoms with E-state index in [1.54, 1.807) is 6.26 Å². The van der Waals surface area contributed by atoms with Crippen LogP contribution in [-0.4, -0.2) is 25.7 Å². The number of fused-ring (bicyclic) bond motifs is 1. The van der Waals surface area contributed by atoms with Gasteiger partial charge in [-0.25, -0.2) is 4.99 Å². The zero-order chi connectivity index (χ0) is 15.9. The van der Waals surface area contributed by atoms with Gasteiger partial charge in [0.05, 0.1) is 12.9 Å². The number of nitrogens with zero attached hydrogens (tertiary/aromatic N) is 1. The molecule has 0 unspecified atom stereocenters. The monoisotopic (exact) mass is 313 g/mol. The lowest BCUT2D eigenvalue weighted by Crippen LogP contribution is -2.38. The molecular formula is C18H23N3O2. The van der Waals surface area contributed by atoms with Crippen LogP contribution >= 0.6 is 0 Å². The van der Waals surface area contributed by atoms with Crippen LogP contribution in [0.5, 0.6) is 5.75 Å². The van der Waals surface area contributed by atoms with Crippen molar-refractivity contribution in [3.63, 3.8) is 0 Å². The number of hydrogen-bond donors (Lipinski definition) is 2. The SMILES string of the molecule is CCNC(=NCc1ccco1)NCCc1ccc2c(c1)CCO2. The van der Waals surface area contributed by atoms with Gasteiger partial charge in [0, 0.05) is 19.5 Å². The van der Waals surface area contributed by atoms with E-state index in [9.17, 15) is 0 Å². The molecule has 0 radical (unpaired) electrons. The largest absolute Gasteiger partial charge is 0.493 e. The molecule has 0 saturated carbocycles. The minimum atomic E-state index is 0.540. The van der Waals surface area contributed by atoms with Crippen LogP contribution in [0.15, 0.2) is 46.0 Å². The lowest BCUT2D eigenvalue weighted by Gasteiger charge is -2.11. The average molecular weight is 313 g/mol. The number of ether oxygens (including phenoxy) is 1. The molecule has 1 aromatic heterocycles. The second-order valence-electron chi connectivity index (χ2n) is 5.49. The standard InChI is InChI=1S/C18H23N3O2/c1-2-19-18(21-13-16-4-3-10-22-16)20-9-7-14-5-6-17-15(12-14)8-11-23-17/h3-6,10,12H,2,7-9,11,13H2,1H3,(H2,19,20,21). The van der Waals surface area contributed by atoms with Crippen LogP contribution in [0.4, 0.5) is 0 Å². The fraction of sp³-hybridized carbons (Fsp3) is 0.389. The molecule has 23 heavy (non-hydrogen) atoms. The molecule has 0 bridgehead atoms. The first-order valence-corrected chi connectivity index (χ1v) is 8.14. The van der Waals surface area contributed by atoms with Gasteiger partial charge in [0.25, 0.3) is 0 Å². The summed E-state index contributed by atoms with van der Waals surface area (Å²) >= 11 is 0. The van der Waals surface area contributed by atoms with Crippen molar-refractivity contribution >= 4 is 5.96 Å². The van der Waals surface area contributed by atoms with Crippen LogP contribution in [-0.2, 0) is 19.4 Å². The molecule has 1 aliphatic heterocycles. The molecule has 1 aromatic carbocycles. The summed E-state index contributed by atoms with van der Waals surface area (Å²) in [5, 5.41) is 6.62. The van der Waals surface area contributed by atoms with Crippen molar-refractivity contribution < 1.29 is 9.15 Å². The minimum absolute atomic E-state index is 0.540. The summed E-state index contributed by atoms with van der Waals surface area (Å²) in [6.45, 7) is 5.08. The lowest BCUT2D eigenvalue weighted by atomic mass is 10.1. The smallest absolute Gasteiger partial charge is 0.191 e. The minimum Gasteiger partial charge on any atom is -0.493 e. The summed E-state index contributed by atoms with van der Waals surface area (Å²) < 4.78 is 10.8. The summed E-state index contributed by atoms with van der Waals surface area (Å²) in [6.07, 6.45) is 3.64. The van der Waals surface area contributed by atoms with E-state index < -0.39 is 0 Å². The summed E-state index contributed by atoms with van der Waals surface area (Å²) in [5.41, 5.74) is 2.64. The second-order valence-corrected chi connectivity index (χ2v) is 5.49. The van der Waals surface area contributed by atoms with Gasteiger partial charge in [-0.15, -0.1) is 0 Å². The first kappa shape index (κ1) is 15.5. The highest BCUT2D eigenvalue weighted by molar-refractivity contribution is 5.79. The number of rotatable bonds is 6. The first-order valence-electron chi connectivity index (χ1n) is 8.14. The van der Waals surface area contributed by atoms with Gasteiger partial charge >= 0.3 is 0 Å². The number of hydrogen-bond acceptors (Lipinski definition) is 3. The van der Waals surface area contributed by atoms with Gasteiger partial charge in [-0.2, -0.15) is 0 Å². The molecule has 5 heteroatoms. The lowest BCUT2D eigenvalue weighted by molar-refractivity contribution is 0.357. The van der Waals surface area contributed by atoms with Gasteiger partial charge < -0.3 is 19.8 Å². The van der Waals surface area contributed by atoms with E-state index in [1.807, 2.05) is 12.1 Å². The predicted molar refractivity (Wildman–Crippen MR) is 90.9 cm³/mol. The third kappa shape index (κ3) is 4.28. The zero-order valence-corrected chi connectivity index (χ0v) is 13.5. The highest BCUT2D eigenvalue weighted by Gasteiger charge is 2.11. The molecule has 0 saturated heterocycles. The van der Waals surface area contributed by atoms with Gasteiger partial charge in [0.15, 0.2) is 5.96 Å². The number of aliphatic imine (C=N–C) groups is 1. The highest BCUT2D eigenvalue weighted by atomic mass is 16.5. The molecule has 0 fully saturated rings. The normalized spacial score (nSPS) is 13.5. The number of benzene rings is 1. The van der Waals surface area contributed by atoms with E-state index in [4.69, 9.17) is 9.15 Å². The van der Waals surface area contributed by atoms with Gasteiger partial charge in [-0.1, -0.05) is 12.1 Å². The predicted octanol–water partition coefficient (Wildman–Crippen LogP) is 2.51. The van der Waals surface area contributed by atoms with E-state index in [0.29, 0.717) is 6.54 Å². The van der Waals surface area contributed by atoms with Crippen LogP contribution < -0.4 is 15.4 Å². The molecule has 2 aromatic rings. The maximum Gasteiger partial charge on any atom is 0.191 e. The third-order valence-electron chi connectivity index (χ3n) is 3.78. The Hall–Kier alpha value is -2.43. The van der Waals surface area contributed by atoms with E-state index in [-0.39, 0.29) is 0 Å². The fourth-order valence-corrected chi connectivity index (χ4v) is 2.62. The van der Waals surface area contributed by atoms with Crippen LogP contribution in [0, 0.1) is 0 Å². The summed E-state index contributed by atoms with van der Waals surface area (Å²) in [7, 11) is 0. The number of nitrogens with one attached hydrogen (secondary N) is 2. The number of guanidine groups is 1. The van der Waals surface area contributed by atoms with Crippen LogP contribution in [0.3, 0.4) is 0 Å². The maximum atomic E-state index is 5.54. The molecule has 0 spiro atoms. The molecule has 0 aliphatic carbocycles. The Labute approximate surface area is 136 Å². The number of furan rings is 1. The topological polar surface area (TPSA) is 58.8 Å². The Morgan fingerprint density at radius 3 is 3.04 bits per heavy atom. The third-order valence-corrected chi connectivity index (χ3v) is 3.78. The van der Waals surface area contributed by atoms with Crippen molar-refractivity contribution in [2.24, 2.45) is 4.99 Å². The molecule has 5 nitrogen and oxygen atoms in total. The average Bonchev–Trinajstić information content (AvgIpc) is 3.23. The van der Waals surface area contributed by atoms with E-state index in [2.05, 4.69) is 40.7 Å². The van der Waals surface area contributed by atoms with Crippen molar-refractivity contribution in [2.75, 3.05) is 19.7 Å². The fourth-order valence-electron chi connectivity index (χ4n) is 2.62. The van der Waals surface area contributed by atoms with Crippen LogP contribution in [0.1, 0.15) is 23.8 Å². The highest BCUT2D eigenvalue weighted by Crippen LogP contribution is 2.25. The van der Waals surface area contributed by atoms with E-state index in [1.165, 1.54) is 11.1 Å². The van der Waals surface area contributed by atoms with Gasteiger partial charge in [-0.05, 0) is 42.7 Å². The molecule has 0 atom stereocenters. The zero-order valence-electron chi connectivity index (χ0n) is 13.5. The summed E-state index contributed by atoms with van der Waals surface area (Å²) in [6, 6.07) is 10.3. The molecule has 3 rings (SSSR count). The van der Waals surface area contributed by atoms with Crippen molar-refractivity contribution in [2.45, 2.75) is 26.3 Å². The van der Waals surface area contributed by atoms with Crippen molar-refractivity contribution in [3.8, 4) is 5.75 Å². The molecule has 122 valence electrons. The summed E-state index contributed by atoms with van der Waals surface area (Å²) in [5.74, 6) is 2.71. The van der Waals surface area contributed by atoms with Gasteiger partial charge in [0.1, 0.15) is 18.1 Å². The Morgan fingerprint density at radius 2 is 2.22 bits per heavy atom. The summed E-state index contributed by atoms with van der Waals surface area (Å²) in [4.78, 5) is 4.53. The molecule has 2 heterocycles. The molecule has 2 N–H and O–H groups in total. The van der Waals surface area contributed by atoms with Crippen LogP contribution in [0.2, 0.25) is 0 Å². The van der Waals surface area contributed by atoms with E-state index >= 15 is 0 Å². The van der Waals surface area contributed by atoms with Gasteiger partial charge in [-0.3, -0.25) is 0 Å². The second kappa shape index (κ2) is 7.72. The quantitative estimate of drug-likeness (QED) is 0.635. The first-order chi connectivity index (χ1) is 11.3. The molecule has 0 amide bonds. The Kier molecular flexibility index (Phi) is 5.19. The Bertz CT molecular complexity index is 650. The Balaban J connectivity index is 1.51. The van der Waals surface area contributed by atoms with Crippen molar-refractivity contribution in [1.82, 2.24) is 10.6 Å². The maximum absolute atomic E-state index is 5.54.